The van der Waals surface area contributed by atoms with E-state index < -0.39 is 5.97 Å². The van der Waals surface area contributed by atoms with E-state index >= 15 is 0 Å². The molecular formula is C13H10INO3. The van der Waals surface area contributed by atoms with Crippen LogP contribution in [0.2, 0.25) is 0 Å². The van der Waals surface area contributed by atoms with Crippen LogP contribution in [0.3, 0.4) is 0 Å². The van der Waals surface area contributed by atoms with Gasteiger partial charge in [0.25, 0.3) is 0 Å². The fraction of sp³-hybridized carbons (Fsp3) is 0.0769. The van der Waals surface area contributed by atoms with Gasteiger partial charge in [0.15, 0.2) is 0 Å². The minimum Gasteiger partial charge on any atom is -0.478 e. The number of benzene rings is 1. The average Bonchev–Trinajstić information content (AvgIpc) is 2.34. The quantitative estimate of drug-likeness (QED) is 0.857. The van der Waals surface area contributed by atoms with Crippen molar-refractivity contribution in [2.75, 3.05) is 0 Å². The number of hydrogen-bond acceptors (Lipinski definition) is 3. The van der Waals surface area contributed by atoms with Crippen molar-refractivity contribution in [3.63, 3.8) is 0 Å². The molecule has 0 bridgehead atoms. The molecule has 1 heterocycles. The third-order valence-electron chi connectivity index (χ3n) is 2.28. The van der Waals surface area contributed by atoms with Gasteiger partial charge < -0.3 is 9.84 Å². The maximum Gasteiger partial charge on any atom is 0.335 e. The number of nitrogens with zero attached hydrogens (tertiary/aromatic N) is 1. The number of ether oxygens (including phenoxy) is 1. The number of carbonyl (C=O) groups is 1. The van der Waals surface area contributed by atoms with Gasteiger partial charge in [-0.1, -0.05) is 6.07 Å². The molecule has 0 fully saturated rings. The van der Waals surface area contributed by atoms with Gasteiger partial charge in [-0.3, -0.25) is 0 Å². The second-order valence-corrected chi connectivity index (χ2v) is 4.89. The van der Waals surface area contributed by atoms with Gasteiger partial charge in [0.05, 0.1) is 9.13 Å². The van der Waals surface area contributed by atoms with E-state index in [9.17, 15) is 4.79 Å². The zero-order chi connectivity index (χ0) is 13.1. The van der Waals surface area contributed by atoms with Crippen LogP contribution >= 0.6 is 22.6 Å². The monoisotopic (exact) mass is 355 g/mol. The molecule has 92 valence electrons. The number of pyridine rings is 1. The van der Waals surface area contributed by atoms with E-state index in [2.05, 4.69) is 27.6 Å². The van der Waals surface area contributed by atoms with Gasteiger partial charge in [0.1, 0.15) is 5.75 Å². The zero-order valence-corrected chi connectivity index (χ0v) is 11.7. The summed E-state index contributed by atoms with van der Waals surface area (Å²) in [4.78, 5) is 15.0. The Morgan fingerprint density at radius 1 is 1.33 bits per heavy atom. The molecule has 0 aliphatic rings. The number of carboxylic acid groups (broad SMARTS) is 1. The fourth-order valence-electron chi connectivity index (χ4n) is 1.34. The first-order valence-electron chi connectivity index (χ1n) is 5.19. The summed E-state index contributed by atoms with van der Waals surface area (Å²) in [5.41, 5.74) is 1.23. The molecule has 1 aromatic heterocycles. The van der Waals surface area contributed by atoms with E-state index in [0.717, 1.165) is 9.13 Å². The Kier molecular flexibility index (Phi) is 3.81. The Labute approximate surface area is 118 Å². The van der Waals surface area contributed by atoms with E-state index in [1.165, 1.54) is 6.07 Å². The summed E-state index contributed by atoms with van der Waals surface area (Å²) in [6.45, 7) is 1.94. The first-order valence-corrected chi connectivity index (χ1v) is 6.27. The van der Waals surface area contributed by atoms with Crippen molar-refractivity contribution >= 4 is 28.6 Å². The molecule has 0 unspecified atom stereocenters. The van der Waals surface area contributed by atoms with Crippen molar-refractivity contribution in [3.05, 3.63) is 51.2 Å². The van der Waals surface area contributed by atoms with Gasteiger partial charge in [-0.25, -0.2) is 9.78 Å². The van der Waals surface area contributed by atoms with Crippen LogP contribution in [0.25, 0.3) is 0 Å². The summed E-state index contributed by atoms with van der Waals surface area (Å²) in [5, 5.41) is 8.93. The molecule has 0 amide bonds. The molecule has 0 radical (unpaired) electrons. The number of rotatable bonds is 3. The van der Waals surface area contributed by atoms with Crippen LogP contribution in [0, 0.1) is 10.5 Å². The van der Waals surface area contributed by atoms with Crippen LogP contribution in [0.4, 0.5) is 0 Å². The summed E-state index contributed by atoms with van der Waals surface area (Å²) < 4.78 is 6.41. The Balaban J connectivity index is 2.30. The lowest BCUT2D eigenvalue weighted by Crippen LogP contribution is -1.98. The highest BCUT2D eigenvalue weighted by Crippen LogP contribution is 2.26. The van der Waals surface area contributed by atoms with Gasteiger partial charge in [-0.05, 0) is 53.3 Å². The molecule has 2 rings (SSSR count). The number of aryl methyl sites for hydroxylation is 1. The predicted octanol–water partition coefficient (Wildman–Crippen LogP) is 3.49. The van der Waals surface area contributed by atoms with Gasteiger partial charge in [-0.2, -0.15) is 0 Å². The normalized spacial score (nSPS) is 10.1. The molecule has 0 saturated carbocycles. The lowest BCUT2D eigenvalue weighted by molar-refractivity contribution is 0.0696. The lowest BCUT2D eigenvalue weighted by atomic mass is 10.2. The third kappa shape index (κ3) is 2.98. The molecule has 4 nitrogen and oxygen atoms in total. The highest BCUT2D eigenvalue weighted by molar-refractivity contribution is 14.1. The summed E-state index contributed by atoms with van der Waals surface area (Å²) >= 11 is 2.09. The maximum absolute atomic E-state index is 10.9. The average molecular weight is 355 g/mol. The first kappa shape index (κ1) is 12.8. The minimum atomic E-state index is -0.979. The van der Waals surface area contributed by atoms with Crippen molar-refractivity contribution in [2.45, 2.75) is 6.92 Å². The van der Waals surface area contributed by atoms with E-state index in [4.69, 9.17) is 9.84 Å². The minimum absolute atomic E-state index is 0.192. The zero-order valence-electron chi connectivity index (χ0n) is 9.55. The molecule has 0 atom stereocenters. The second kappa shape index (κ2) is 5.34. The molecule has 1 aromatic carbocycles. The smallest absolute Gasteiger partial charge is 0.335 e. The largest absolute Gasteiger partial charge is 0.478 e. The van der Waals surface area contributed by atoms with Gasteiger partial charge in [-0.15, -0.1) is 0 Å². The SMILES string of the molecule is Cc1ccc(Oc2cc(C(=O)O)ccc2I)nc1. The van der Waals surface area contributed by atoms with E-state index in [1.54, 1.807) is 24.4 Å². The number of aromatic nitrogens is 1. The molecule has 18 heavy (non-hydrogen) atoms. The van der Waals surface area contributed by atoms with Crippen molar-refractivity contribution < 1.29 is 14.6 Å². The Bertz CT molecular complexity index is 581. The standard InChI is InChI=1S/C13H10INO3/c1-8-2-5-12(15-7-8)18-11-6-9(13(16)17)3-4-10(11)14/h2-7H,1H3,(H,16,17). The molecule has 5 heteroatoms. The van der Waals surface area contributed by atoms with Crippen molar-refractivity contribution in [3.8, 4) is 11.6 Å². The van der Waals surface area contributed by atoms with E-state index in [1.807, 2.05) is 13.0 Å². The number of carboxylic acids is 1. The van der Waals surface area contributed by atoms with Crippen LogP contribution in [0.5, 0.6) is 11.6 Å². The molecule has 0 spiro atoms. The molecule has 0 aliphatic carbocycles. The summed E-state index contributed by atoms with van der Waals surface area (Å²) in [6.07, 6.45) is 1.70. The Morgan fingerprint density at radius 3 is 2.72 bits per heavy atom. The number of aromatic carboxylic acids is 1. The van der Waals surface area contributed by atoms with E-state index in [-0.39, 0.29) is 5.56 Å². The summed E-state index contributed by atoms with van der Waals surface area (Å²) in [6, 6.07) is 8.37. The second-order valence-electron chi connectivity index (χ2n) is 3.73. The van der Waals surface area contributed by atoms with Gasteiger partial charge in [0.2, 0.25) is 5.88 Å². The Morgan fingerprint density at radius 2 is 2.11 bits per heavy atom. The van der Waals surface area contributed by atoms with Gasteiger partial charge >= 0.3 is 5.97 Å². The van der Waals surface area contributed by atoms with Crippen LogP contribution in [-0.4, -0.2) is 16.1 Å². The van der Waals surface area contributed by atoms with Crippen molar-refractivity contribution in [2.24, 2.45) is 0 Å². The van der Waals surface area contributed by atoms with Gasteiger partial charge in [0, 0.05) is 12.3 Å². The molecular weight excluding hydrogens is 345 g/mol. The Hall–Kier alpha value is -1.63. The fourth-order valence-corrected chi connectivity index (χ4v) is 1.79. The molecule has 0 saturated heterocycles. The number of halogens is 1. The lowest BCUT2D eigenvalue weighted by Gasteiger charge is -2.07. The first-order chi connectivity index (χ1) is 8.56. The number of hydrogen-bond donors (Lipinski definition) is 1. The maximum atomic E-state index is 10.9. The predicted molar refractivity (Wildman–Crippen MR) is 75.2 cm³/mol. The van der Waals surface area contributed by atoms with Crippen LogP contribution in [0.1, 0.15) is 15.9 Å². The third-order valence-corrected chi connectivity index (χ3v) is 3.17. The highest BCUT2D eigenvalue weighted by atomic mass is 127. The molecule has 2 aromatic rings. The molecule has 1 N–H and O–H groups in total. The van der Waals surface area contributed by atoms with Crippen LogP contribution < -0.4 is 4.74 Å². The van der Waals surface area contributed by atoms with Crippen LogP contribution in [0.15, 0.2) is 36.5 Å². The topological polar surface area (TPSA) is 59.4 Å². The summed E-state index contributed by atoms with van der Waals surface area (Å²) in [7, 11) is 0. The van der Waals surface area contributed by atoms with E-state index in [0.29, 0.717) is 11.6 Å². The molecule has 0 aliphatic heterocycles. The van der Waals surface area contributed by atoms with Crippen LogP contribution in [-0.2, 0) is 0 Å². The van der Waals surface area contributed by atoms with Crippen molar-refractivity contribution in [1.82, 2.24) is 4.98 Å². The van der Waals surface area contributed by atoms with Crippen molar-refractivity contribution in [1.29, 1.82) is 0 Å². The summed E-state index contributed by atoms with van der Waals surface area (Å²) in [5.74, 6) is -0.0407. The highest BCUT2D eigenvalue weighted by Gasteiger charge is 2.09.